The zero-order chi connectivity index (χ0) is 34.8. The van der Waals surface area contributed by atoms with Crippen LogP contribution in [0.15, 0.2) is 179 Å². The highest BCUT2D eigenvalue weighted by Crippen LogP contribution is 2.43. The van der Waals surface area contributed by atoms with Crippen molar-refractivity contribution in [2.45, 2.75) is 0 Å². The van der Waals surface area contributed by atoms with Gasteiger partial charge in [0, 0.05) is 49.3 Å². The molecule has 0 unspecified atom stereocenters. The number of hydrogen-bond acceptors (Lipinski definition) is 2. The van der Waals surface area contributed by atoms with Crippen LogP contribution in [0.25, 0.3) is 94.9 Å². The molecule has 0 N–H and O–H groups in total. The molecule has 0 atom stereocenters. The summed E-state index contributed by atoms with van der Waals surface area (Å²) in [6, 6.07) is 61.5. The maximum atomic E-state index is 3.61. The van der Waals surface area contributed by atoms with Crippen LogP contribution in [0.3, 0.4) is 0 Å². The van der Waals surface area contributed by atoms with Gasteiger partial charge < -0.3 is 0 Å². The molecule has 0 bridgehead atoms. The quantitative estimate of drug-likeness (QED) is 0.152. The number of benzene rings is 9. The lowest BCUT2D eigenvalue weighted by Gasteiger charge is -2.10. The van der Waals surface area contributed by atoms with Gasteiger partial charge in [0.2, 0.25) is 0 Å². The summed E-state index contributed by atoms with van der Waals surface area (Å²) >= 11 is 10.9. The number of hydrogen-bond donors (Lipinski definition) is 0. The molecule has 0 radical (unpaired) electrons. The van der Waals surface area contributed by atoms with E-state index < -0.39 is 0 Å². The highest BCUT2D eigenvalue weighted by molar-refractivity contribution is 9.10. The summed E-state index contributed by atoms with van der Waals surface area (Å²) < 4.78 is 7.61. The van der Waals surface area contributed by atoms with Crippen molar-refractivity contribution in [1.29, 1.82) is 0 Å². The van der Waals surface area contributed by atoms with Gasteiger partial charge in [0.25, 0.3) is 0 Å². The van der Waals surface area contributed by atoms with E-state index >= 15 is 0 Å². The van der Waals surface area contributed by atoms with Gasteiger partial charge in [-0.1, -0.05) is 159 Å². The van der Waals surface area contributed by atoms with E-state index in [9.17, 15) is 0 Å². The Bertz CT molecular complexity index is 3150. The van der Waals surface area contributed by atoms with Crippen molar-refractivity contribution in [2.75, 3.05) is 0 Å². The van der Waals surface area contributed by atoms with Crippen molar-refractivity contribution in [3.63, 3.8) is 0 Å². The molecule has 52 heavy (non-hydrogen) atoms. The molecule has 4 heteroatoms. The fraction of sp³-hybridized carbons (Fsp3) is 0. The molecule has 0 saturated heterocycles. The molecule has 2 aromatic heterocycles. The van der Waals surface area contributed by atoms with Gasteiger partial charge in [-0.3, -0.25) is 0 Å². The molecule has 0 aliphatic rings. The first-order valence-corrected chi connectivity index (χ1v) is 20.4. The zero-order valence-electron chi connectivity index (χ0n) is 27.7. The summed E-state index contributed by atoms with van der Waals surface area (Å²) in [6.45, 7) is 0. The van der Waals surface area contributed by atoms with Gasteiger partial charge in [-0.05, 0) is 97.0 Å². The van der Waals surface area contributed by atoms with E-state index in [0.29, 0.717) is 0 Å². The van der Waals surface area contributed by atoms with E-state index in [2.05, 4.69) is 202 Å². The fourth-order valence-corrected chi connectivity index (χ4v) is 11.0. The SMILES string of the molecule is Brc1ccc2c(c1)sc1cc(-c3ccccc3-c3ccccc3)ccc12.Brc1ccc2c(c1)sc1cc3c4ccccc4c4ccccc4c3cc12. The van der Waals surface area contributed by atoms with E-state index in [4.69, 9.17) is 0 Å². The van der Waals surface area contributed by atoms with Crippen LogP contribution in [-0.4, -0.2) is 0 Å². The molecule has 0 aliphatic carbocycles. The lowest BCUT2D eigenvalue weighted by atomic mass is 9.93. The van der Waals surface area contributed by atoms with Crippen molar-refractivity contribution < 1.29 is 0 Å². The van der Waals surface area contributed by atoms with Gasteiger partial charge in [0.15, 0.2) is 0 Å². The van der Waals surface area contributed by atoms with Gasteiger partial charge in [0.1, 0.15) is 0 Å². The van der Waals surface area contributed by atoms with Crippen molar-refractivity contribution in [1.82, 2.24) is 0 Å². The number of fused-ring (bicyclic) bond motifs is 12. The minimum absolute atomic E-state index is 1.13. The molecule has 0 fully saturated rings. The molecule has 0 amide bonds. The summed E-state index contributed by atoms with van der Waals surface area (Å²) in [5.74, 6) is 0. The first-order valence-electron chi connectivity index (χ1n) is 17.2. The predicted molar refractivity (Wildman–Crippen MR) is 237 cm³/mol. The summed E-state index contributed by atoms with van der Waals surface area (Å²) in [5.41, 5.74) is 5.07. The maximum absolute atomic E-state index is 3.61. The van der Waals surface area contributed by atoms with E-state index in [-0.39, 0.29) is 0 Å². The Balaban J connectivity index is 0.000000130. The first-order chi connectivity index (χ1) is 25.6. The normalized spacial score (nSPS) is 11.7. The maximum Gasteiger partial charge on any atom is 0.0366 e. The van der Waals surface area contributed by atoms with Gasteiger partial charge in [-0.2, -0.15) is 0 Å². The monoisotopic (exact) mass is 826 g/mol. The standard InChI is InChI=1S/C24H13BrS.C24H15BrS/c25-14-9-10-19-22-12-20-17-7-3-1-5-15(17)16-6-2-4-8-18(16)21(20)13-24(22)26-23(19)11-14;25-18-11-13-22-21-12-10-17(14-23(21)26-24(22)15-18)20-9-5-4-8-19(20)16-6-2-1-3-7-16/h1-13H;1-15H. The third-order valence-electron chi connectivity index (χ3n) is 10.1. The summed E-state index contributed by atoms with van der Waals surface area (Å²) in [4.78, 5) is 0. The Labute approximate surface area is 325 Å². The minimum atomic E-state index is 1.13. The molecule has 11 aromatic rings. The molecule has 246 valence electrons. The number of rotatable bonds is 2. The lowest BCUT2D eigenvalue weighted by Crippen LogP contribution is -1.84. The Morgan fingerprint density at radius 3 is 1.29 bits per heavy atom. The molecule has 0 spiro atoms. The second-order valence-corrected chi connectivity index (χ2v) is 17.1. The smallest absolute Gasteiger partial charge is 0.0366 e. The third-order valence-corrected chi connectivity index (χ3v) is 13.3. The Hall–Kier alpha value is -4.84. The highest BCUT2D eigenvalue weighted by atomic mass is 79.9. The average Bonchev–Trinajstić information content (AvgIpc) is 3.74. The first kappa shape index (κ1) is 31.9. The largest absolute Gasteiger partial charge is 0.135 e. The number of halogens is 2. The van der Waals surface area contributed by atoms with Crippen molar-refractivity contribution in [3.8, 4) is 22.3 Å². The van der Waals surface area contributed by atoms with Gasteiger partial charge in [-0.15, -0.1) is 22.7 Å². The van der Waals surface area contributed by atoms with Crippen LogP contribution in [0.4, 0.5) is 0 Å². The third kappa shape index (κ3) is 5.45. The molecular weight excluding hydrogens is 800 g/mol. The van der Waals surface area contributed by atoms with Crippen LogP contribution in [0, 0.1) is 0 Å². The van der Waals surface area contributed by atoms with Gasteiger partial charge >= 0.3 is 0 Å². The second kappa shape index (κ2) is 13.0. The Kier molecular flexibility index (Phi) is 7.95. The van der Waals surface area contributed by atoms with Crippen LogP contribution in [0.1, 0.15) is 0 Å². The van der Waals surface area contributed by atoms with Crippen molar-refractivity contribution >= 4 is 127 Å². The molecule has 0 nitrogen and oxygen atoms in total. The van der Waals surface area contributed by atoms with Crippen molar-refractivity contribution in [3.05, 3.63) is 179 Å². The van der Waals surface area contributed by atoms with E-state index in [1.807, 2.05) is 22.7 Å². The van der Waals surface area contributed by atoms with Crippen LogP contribution in [0.2, 0.25) is 0 Å². The fourth-order valence-electron chi connectivity index (χ4n) is 7.67. The lowest BCUT2D eigenvalue weighted by molar-refractivity contribution is 1.60. The van der Waals surface area contributed by atoms with Crippen LogP contribution >= 0.6 is 54.5 Å². The number of thiophene rings is 2. The average molecular weight is 829 g/mol. The van der Waals surface area contributed by atoms with Crippen LogP contribution in [-0.2, 0) is 0 Å². The molecule has 2 heterocycles. The van der Waals surface area contributed by atoms with E-state index in [0.717, 1.165) is 8.95 Å². The molecule has 0 aliphatic heterocycles. The van der Waals surface area contributed by atoms with Crippen LogP contribution < -0.4 is 0 Å². The Morgan fingerprint density at radius 1 is 0.269 bits per heavy atom. The molecule has 11 rings (SSSR count). The van der Waals surface area contributed by atoms with Crippen molar-refractivity contribution in [2.24, 2.45) is 0 Å². The highest BCUT2D eigenvalue weighted by Gasteiger charge is 2.13. The minimum Gasteiger partial charge on any atom is -0.135 e. The van der Waals surface area contributed by atoms with Gasteiger partial charge in [0.05, 0.1) is 0 Å². The summed E-state index contributed by atoms with van der Waals surface area (Å²) in [6.07, 6.45) is 0. The molecular formula is C48H28Br2S2. The van der Waals surface area contributed by atoms with Crippen LogP contribution in [0.5, 0.6) is 0 Å². The topological polar surface area (TPSA) is 0 Å². The summed E-state index contributed by atoms with van der Waals surface area (Å²) in [5, 5.41) is 13.4. The summed E-state index contributed by atoms with van der Waals surface area (Å²) in [7, 11) is 0. The molecule has 0 saturated carbocycles. The second-order valence-electron chi connectivity index (χ2n) is 13.1. The van der Waals surface area contributed by atoms with E-state index in [1.54, 1.807) is 0 Å². The Morgan fingerprint density at radius 2 is 0.692 bits per heavy atom. The molecule has 9 aromatic carbocycles. The van der Waals surface area contributed by atoms with Gasteiger partial charge in [-0.25, -0.2) is 0 Å². The zero-order valence-corrected chi connectivity index (χ0v) is 32.5. The predicted octanol–water partition coefficient (Wildman–Crippen LogP) is 16.4. The van der Waals surface area contributed by atoms with E-state index in [1.165, 1.54) is 94.9 Å².